The largest absolute Gasteiger partial charge is 1.00 e. The first-order valence-electron chi connectivity index (χ1n) is 6.42. The van der Waals surface area contributed by atoms with Crippen molar-refractivity contribution in [2.45, 2.75) is 13.5 Å². The molecule has 0 aliphatic carbocycles. The highest BCUT2D eigenvalue weighted by Gasteiger charge is 2.14. The van der Waals surface area contributed by atoms with Crippen molar-refractivity contribution in [1.29, 1.82) is 0 Å². The van der Waals surface area contributed by atoms with Crippen molar-refractivity contribution in [1.82, 2.24) is 0 Å². The second-order valence-electron chi connectivity index (χ2n) is 4.59. The standard InChI is InChI=1S/C17H16NO.BrH/c1-14-11-12-16-9-5-6-10-17(16)18(14)19-13-15-7-3-2-4-8-15;/h2-12H,13H2,1H3;1H/q+1;/p-1. The highest BCUT2D eigenvalue weighted by molar-refractivity contribution is 5.75. The predicted molar refractivity (Wildman–Crippen MR) is 75.6 cm³/mol. The van der Waals surface area contributed by atoms with E-state index in [1.807, 2.05) is 35.1 Å². The molecule has 0 atom stereocenters. The van der Waals surface area contributed by atoms with E-state index >= 15 is 0 Å². The third-order valence-corrected chi connectivity index (χ3v) is 3.18. The van der Waals surface area contributed by atoms with Gasteiger partial charge >= 0.3 is 0 Å². The number of para-hydroxylation sites is 1. The zero-order valence-electron chi connectivity index (χ0n) is 11.3. The van der Waals surface area contributed by atoms with Crippen LogP contribution < -0.4 is 26.5 Å². The van der Waals surface area contributed by atoms with Gasteiger partial charge in [-0.1, -0.05) is 42.5 Å². The number of aryl methyl sites for hydroxylation is 1. The van der Waals surface area contributed by atoms with Crippen LogP contribution in [-0.4, -0.2) is 0 Å². The first kappa shape index (κ1) is 14.5. The van der Waals surface area contributed by atoms with Crippen molar-refractivity contribution in [3.05, 3.63) is 78.0 Å². The molecule has 0 aliphatic heterocycles. The number of nitrogens with zero attached hydrogens (tertiary/aromatic N) is 1. The zero-order chi connectivity index (χ0) is 13.1. The average Bonchev–Trinajstić information content (AvgIpc) is 2.47. The number of aromatic nitrogens is 1. The van der Waals surface area contributed by atoms with Gasteiger partial charge in [0.2, 0.25) is 5.69 Å². The maximum atomic E-state index is 5.95. The molecule has 0 N–H and O–H groups in total. The second kappa shape index (κ2) is 6.53. The van der Waals surface area contributed by atoms with Crippen molar-refractivity contribution < 1.29 is 26.5 Å². The lowest BCUT2D eigenvalue weighted by Gasteiger charge is -2.04. The molecule has 0 radical (unpaired) electrons. The van der Waals surface area contributed by atoms with E-state index in [1.54, 1.807) is 0 Å². The monoisotopic (exact) mass is 329 g/mol. The molecule has 0 spiro atoms. The number of benzene rings is 2. The SMILES string of the molecule is Cc1ccc2ccccc2[n+]1OCc1ccccc1.[Br-]. The molecule has 0 fully saturated rings. The van der Waals surface area contributed by atoms with E-state index in [2.05, 4.69) is 43.3 Å². The molecule has 2 nitrogen and oxygen atoms in total. The molecule has 1 aromatic heterocycles. The van der Waals surface area contributed by atoms with E-state index in [0.717, 1.165) is 11.2 Å². The van der Waals surface area contributed by atoms with Gasteiger partial charge in [-0.05, 0) is 17.7 Å². The summed E-state index contributed by atoms with van der Waals surface area (Å²) in [6.45, 7) is 2.62. The first-order chi connectivity index (χ1) is 9.34. The van der Waals surface area contributed by atoms with Gasteiger partial charge in [0.25, 0.3) is 5.52 Å². The maximum absolute atomic E-state index is 5.95. The first-order valence-corrected chi connectivity index (χ1v) is 6.42. The lowest BCUT2D eigenvalue weighted by molar-refractivity contribution is -0.879. The molecule has 0 amide bonds. The highest BCUT2D eigenvalue weighted by atomic mass is 79.9. The molecule has 3 rings (SSSR count). The molecule has 3 aromatic rings. The molecular weight excluding hydrogens is 314 g/mol. The van der Waals surface area contributed by atoms with Gasteiger partial charge in [0.1, 0.15) is 0 Å². The van der Waals surface area contributed by atoms with Crippen LogP contribution in [0.3, 0.4) is 0 Å². The lowest BCUT2D eigenvalue weighted by atomic mass is 10.2. The van der Waals surface area contributed by atoms with Crippen molar-refractivity contribution >= 4 is 10.9 Å². The van der Waals surface area contributed by atoms with Crippen LogP contribution in [0.15, 0.2) is 66.7 Å². The summed E-state index contributed by atoms with van der Waals surface area (Å²) >= 11 is 0. The summed E-state index contributed by atoms with van der Waals surface area (Å²) in [7, 11) is 0. The minimum Gasteiger partial charge on any atom is -1.00 e. The lowest BCUT2D eigenvalue weighted by Crippen LogP contribution is -3.00. The summed E-state index contributed by atoms with van der Waals surface area (Å²) in [4.78, 5) is 5.95. The Morgan fingerprint density at radius 1 is 0.850 bits per heavy atom. The van der Waals surface area contributed by atoms with Crippen LogP contribution in [0.25, 0.3) is 10.9 Å². The maximum Gasteiger partial charge on any atom is 0.265 e. The smallest absolute Gasteiger partial charge is 0.265 e. The molecule has 102 valence electrons. The van der Waals surface area contributed by atoms with E-state index in [4.69, 9.17) is 4.84 Å². The van der Waals surface area contributed by atoms with Gasteiger partial charge in [-0.25, -0.2) is 0 Å². The third-order valence-electron chi connectivity index (χ3n) is 3.18. The minimum atomic E-state index is 0. The second-order valence-corrected chi connectivity index (χ2v) is 4.59. The summed E-state index contributed by atoms with van der Waals surface area (Å²) in [6, 6.07) is 22.6. The molecule has 0 saturated heterocycles. The third kappa shape index (κ3) is 2.99. The molecule has 20 heavy (non-hydrogen) atoms. The Labute approximate surface area is 129 Å². The number of hydrogen-bond acceptors (Lipinski definition) is 1. The van der Waals surface area contributed by atoms with Crippen LogP contribution >= 0.6 is 0 Å². The van der Waals surface area contributed by atoms with Gasteiger partial charge in [-0.3, -0.25) is 4.84 Å². The number of hydrogen-bond donors (Lipinski definition) is 0. The van der Waals surface area contributed by atoms with E-state index in [0.29, 0.717) is 6.61 Å². The van der Waals surface area contributed by atoms with Gasteiger partial charge in [0.15, 0.2) is 6.61 Å². The minimum absolute atomic E-state index is 0. The topological polar surface area (TPSA) is 13.1 Å². The Balaban J connectivity index is 0.00000147. The summed E-state index contributed by atoms with van der Waals surface area (Å²) < 4.78 is 1.91. The molecule has 0 unspecified atom stereocenters. The van der Waals surface area contributed by atoms with Gasteiger partial charge in [-0.2, -0.15) is 0 Å². The van der Waals surface area contributed by atoms with E-state index in [1.165, 1.54) is 10.9 Å². The molecule has 3 heteroatoms. The van der Waals surface area contributed by atoms with E-state index < -0.39 is 0 Å². The quantitative estimate of drug-likeness (QED) is 0.620. The van der Waals surface area contributed by atoms with Crippen LogP contribution in [0.2, 0.25) is 0 Å². The fraction of sp³-hybridized carbons (Fsp3) is 0.118. The molecule has 2 aromatic carbocycles. The Morgan fingerprint density at radius 3 is 2.35 bits per heavy atom. The highest BCUT2D eigenvalue weighted by Crippen LogP contribution is 2.09. The van der Waals surface area contributed by atoms with E-state index in [-0.39, 0.29) is 17.0 Å². The predicted octanol–water partition coefficient (Wildman–Crippen LogP) is 0.0685. The fourth-order valence-electron chi connectivity index (χ4n) is 2.17. The Morgan fingerprint density at radius 2 is 1.55 bits per heavy atom. The zero-order valence-corrected chi connectivity index (χ0v) is 12.9. The summed E-state index contributed by atoms with van der Waals surface area (Å²) in [6.07, 6.45) is 0. The number of halogens is 1. The van der Waals surface area contributed by atoms with Crippen molar-refractivity contribution in [2.75, 3.05) is 0 Å². The molecule has 1 heterocycles. The van der Waals surface area contributed by atoms with Crippen molar-refractivity contribution in [3.63, 3.8) is 0 Å². The number of pyridine rings is 1. The normalized spacial score (nSPS) is 10.1. The Hall–Kier alpha value is -1.87. The average molecular weight is 330 g/mol. The van der Waals surface area contributed by atoms with Crippen LogP contribution in [0.5, 0.6) is 0 Å². The van der Waals surface area contributed by atoms with Gasteiger partial charge in [0, 0.05) is 23.8 Å². The van der Waals surface area contributed by atoms with Crippen LogP contribution in [0, 0.1) is 6.92 Å². The van der Waals surface area contributed by atoms with Crippen LogP contribution in [-0.2, 0) is 6.61 Å². The van der Waals surface area contributed by atoms with E-state index in [9.17, 15) is 0 Å². The summed E-state index contributed by atoms with van der Waals surface area (Å²) in [5, 5.41) is 1.18. The van der Waals surface area contributed by atoms with Gasteiger partial charge in [0.05, 0.1) is 5.39 Å². The van der Waals surface area contributed by atoms with Crippen LogP contribution in [0.4, 0.5) is 0 Å². The molecule has 0 saturated carbocycles. The summed E-state index contributed by atoms with van der Waals surface area (Å²) in [5.74, 6) is 0. The molecule has 0 aliphatic rings. The van der Waals surface area contributed by atoms with Crippen LogP contribution in [0.1, 0.15) is 11.3 Å². The summed E-state index contributed by atoms with van der Waals surface area (Å²) in [5.41, 5.74) is 3.36. The number of rotatable bonds is 3. The van der Waals surface area contributed by atoms with Gasteiger partial charge < -0.3 is 17.0 Å². The fourth-order valence-corrected chi connectivity index (χ4v) is 2.17. The Bertz CT molecular complexity index is 698. The Kier molecular flexibility index (Phi) is 4.74. The van der Waals surface area contributed by atoms with Gasteiger partial charge in [-0.15, -0.1) is 0 Å². The molecular formula is C17H16BrNO. The van der Waals surface area contributed by atoms with Crippen molar-refractivity contribution in [2.24, 2.45) is 0 Å². The molecule has 0 bridgehead atoms. The number of fused-ring (bicyclic) bond motifs is 1. The van der Waals surface area contributed by atoms with Crippen molar-refractivity contribution in [3.8, 4) is 0 Å².